The second kappa shape index (κ2) is 7.28. The van der Waals surface area contributed by atoms with Gasteiger partial charge in [-0.2, -0.15) is 0 Å². The average molecular weight is 367 g/mol. The van der Waals surface area contributed by atoms with Crippen LogP contribution in [0.1, 0.15) is 39.2 Å². The summed E-state index contributed by atoms with van der Waals surface area (Å²) in [6.45, 7) is 9.05. The Balaban J connectivity index is 0.00000196. The number of rotatable bonds is 2. The van der Waals surface area contributed by atoms with Crippen molar-refractivity contribution in [1.29, 1.82) is 0 Å². The quantitative estimate of drug-likeness (QED) is 0.535. The van der Waals surface area contributed by atoms with Gasteiger partial charge in [-0.25, -0.2) is 4.98 Å². The molecule has 0 saturated carbocycles. The number of fused-ring (bicyclic) bond motifs is 1. The van der Waals surface area contributed by atoms with E-state index in [0.717, 1.165) is 24.3 Å². The molecule has 0 N–H and O–H groups in total. The zero-order chi connectivity index (χ0) is 17.4. The predicted molar refractivity (Wildman–Crippen MR) is 115 cm³/mol. The Labute approximate surface area is 162 Å². The summed E-state index contributed by atoms with van der Waals surface area (Å²) in [4.78, 5) is 7.45. The topological polar surface area (TPSA) is 16.1 Å². The van der Waals surface area contributed by atoms with Crippen LogP contribution in [-0.4, -0.2) is 18.1 Å². The minimum Gasteiger partial charge on any atom is -0.371 e. The van der Waals surface area contributed by atoms with Crippen LogP contribution in [0.5, 0.6) is 0 Å². The minimum atomic E-state index is 0. The Morgan fingerprint density at radius 2 is 1.54 bits per heavy atom. The van der Waals surface area contributed by atoms with E-state index >= 15 is 0 Å². The van der Waals surface area contributed by atoms with Gasteiger partial charge >= 0.3 is 0 Å². The number of halogens is 1. The van der Waals surface area contributed by atoms with Crippen LogP contribution in [0.25, 0.3) is 22.2 Å². The molecule has 136 valence electrons. The molecule has 1 aromatic heterocycles. The zero-order valence-corrected chi connectivity index (χ0v) is 16.6. The maximum Gasteiger partial charge on any atom is 0.0730 e. The molecule has 3 heteroatoms. The van der Waals surface area contributed by atoms with Crippen molar-refractivity contribution < 1.29 is 0 Å². The van der Waals surface area contributed by atoms with Crippen LogP contribution in [-0.2, 0) is 5.41 Å². The van der Waals surface area contributed by atoms with Gasteiger partial charge < -0.3 is 4.90 Å². The lowest BCUT2D eigenvalue weighted by Crippen LogP contribution is -2.18. The highest BCUT2D eigenvalue weighted by atomic mass is 35.5. The van der Waals surface area contributed by atoms with Gasteiger partial charge in [-0.1, -0.05) is 63.2 Å². The number of hydrogen-bond acceptors (Lipinski definition) is 2. The number of aromatic nitrogens is 1. The van der Waals surface area contributed by atoms with Crippen LogP contribution in [0, 0.1) is 0 Å². The maximum absolute atomic E-state index is 4.94. The average Bonchev–Trinajstić information content (AvgIpc) is 3.14. The second-order valence-electron chi connectivity index (χ2n) is 8.07. The third-order valence-electron chi connectivity index (χ3n) is 5.19. The lowest BCUT2D eigenvalue weighted by molar-refractivity contribution is 0.590. The number of anilines is 1. The molecule has 1 fully saturated rings. The molecule has 0 spiro atoms. The van der Waals surface area contributed by atoms with E-state index in [9.17, 15) is 0 Å². The first kappa shape index (κ1) is 18.7. The zero-order valence-electron chi connectivity index (χ0n) is 15.8. The fourth-order valence-corrected chi connectivity index (χ4v) is 3.67. The minimum absolute atomic E-state index is 0. The van der Waals surface area contributed by atoms with E-state index in [4.69, 9.17) is 4.98 Å². The van der Waals surface area contributed by atoms with Crippen LogP contribution >= 0.6 is 12.4 Å². The van der Waals surface area contributed by atoms with Gasteiger partial charge in [0.05, 0.1) is 11.2 Å². The molecular formula is C23H27ClN2. The van der Waals surface area contributed by atoms with Crippen LogP contribution in [0.3, 0.4) is 0 Å². The lowest BCUT2D eigenvalue weighted by atomic mass is 9.86. The molecule has 1 saturated heterocycles. The summed E-state index contributed by atoms with van der Waals surface area (Å²) in [6, 6.07) is 19.7. The highest BCUT2D eigenvalue weighted by Crippen LogP contribution is 2.33. The molecule has 2 heterocycles. The summed E-state index contributed by atoms with van der Waals surface area (Å²) < 4.78 is 0. The summed E-state index contributed by atoms with van der Waals surface area (Å²) in [5.41, 5.74) is 6.22. The monoisotopic (exact) mass is 366 g/mol. The number of para-hydroxylation sites is 1. The van der Waals surface area contributed by atoms with Crippen molar-refractivity contribution in [2.24, 2.45) is 0 Å². The molecule has 26 heavy (non-hydrogen) atoms. The maximum atomic E-state index is 4.94. The van der Waals surface area contributed by atoms with Gasteiger partial charge in [0.1, 0.15) is 0 Å². The van der Waals surface area contributed by atoms with E-state index in [2.05, 4.69) is 80.3 Å². The first-order valence-electron chi connectivity index (χ1n) is 9.28. The number of nitrogens with zero attached hydrogens (tertiary/aromatic N) is 2. The standard InChI is InChI=1S/C23H26N2.ClH/c1-23(2,3)18-12-10-17(11-13-18)21-16-22(25-14-6-7-15-25)19-8-4-5-9-20(19)24-21;/h4-5,8-13,16H,6-7,14-15H2,1-3H3;1H. The van der Waals surface area contributed by atoms with Crippen LogP contribution in [0.2, 0.25) is 0 Å². The third-order valence-corrected chi connectivity index (χ3v) is 5.19. The summed E-state index contributed by atoms with van der Waals surface area (Å²) in [5.74, 6) is 0. The Morgan fingerprint density at radius 3 is 2.19 bits per heavy atom. The molecule has 4 rings (SSSR count). The molecule has 1 aliphatic rings. The molecule has 0 atom stereocenters. The largest absolute Gasteiger partial charge is 0.371 e. The molecule has 0 unspecified atom stereocenters. The van der Waals surface area contributed by atoms with E-state index in [0.29, 0.717) is 0 Å². The van der Waals surface area contributed by atoms with E-state index in [1.807, 2.05) is 0 Å². The molecule has 2 aromatic carbocycles. The highest BCUT2D eigenvalue weighted by molar-refractivity contribution is 5.94. The molecule has 0 radical (unpaired) electrons. The molecule has 3 aromatic rings. The molecule has 2 nitrogen and oxygen atoms in total. The van der Waals surface area contributed by atoms with Gasteiger partial charge in [0.25, 0.3) is 0 Å². The number of pyridine rings is 1. The van der Waals surface area contributed by atoms with Gasteiger partial charge in [0.2, 0.25) is 0 Å². The number of hydrogen-bond donors (Lipinski definition) is 0. The van der Waals surface area contributed by atoms with Gasteiger partial charge in [-0.3, -0.25) is 0 Å². The lowest BCUT2D eigenvalue weighted by Gasteiger charge is -2.21. The molecule has 0 aliphatic carbocycles. The first-order valence-corrected chi connectivity index (χ1v) is 9.28. The normalized spacial score (nSPS) is 14.5. The second-order valence-corrected chi connectivity index (χ2v) is 8.07. The molecule has 0 amide bonds. The van der Waals surface area contributed by atoms with Crippen molar-refractivity contribution >= 4 is 29.0 Å². The van der Waals surface area contributed by atoms with Gasteiger partial charge in [-0.05, 0) is 36.0 Å². The first-order chi connectivity index (χ1) is 12.0. The van der Waals surface area contributed by atoms with Crippen LogP contribution in [0.15, 0.2) is 54.6 Å². The van der Waals surface area contributed by atoms with E-state index in [-0.39, 0.29) is 17.8 Å². The smallest absolute Gasteiger partial charge is 0.0730 e. The Morgan fingerprint density at radius 1 is 0.885 bits per heavy atom. The number of benzene rings is 2. The fourth-order valence-electron chi connectivity index (χ4n) is 3.67. The third kappa shape index (κ3) is 3.57. The van der Waals surface area contributed by atoms with Crippen LogP contribution < -0.4 is 4.90 Å². The fraction of sp³-hybridized carbons (Fsp3) is 0.348. The van der Waals surface area contributed by atoms with Gasteiger partial charge in [0, 0.05) is 29.7 Å². The van der Waals surface area contributed by atoms with E-state index in [1.54, 1.807) is 0 Å². The van der Waals surface area contributed by atoms with Gasteiger partial charge in [-0.15, -0.1) is 12.4 Å². The Kier molecular flexibility index (Phi) is 5.24. The Bertz CT molecular complexity index is 888. The molecular weight excluding hydrogens is 340 g/mol. The van der Waals surface area contributed by atoms with Crippen molar-refractivity contribution in [3.8, 4) is 11.3 Å². The SMILES string of the molecule is CC(C)(C)c1ccc(-c2cc(N3CCCC3)c3ccccc3n2)cc1.Cl. The van der Waals surface area contributed by atoms with Crippen molar-refractivity contribution in [2.75, 3.05) is 18.0 Å². The summed E-state index contributed by atoms with van der Waals surface area (Å²) in [5, 5.41) is 1.26. The molecule has 0 bridgehead atoms. The Hall–Kier alpha value is -2.06. The molecule has 1 aliphatic heterocycles. The predicted octanol–water partition coefficient (Wildman–Crippen LogP) is 6.22. The highest BCUT2D eigenvalue weighted by Gasteiger charge is 2.18. The van der Waals surface area contributed by atoms with Crippen molar-refractivity contribution in [3.63, 3.8) is 0 Å². The van der Waals surface area contributed by atoms with Crippen LogP contribution in [0.4, 0.5) is 5.69 Å². The summed E-state index contributed by atoms with van der Waals surface area (Å²) in [7, 11) is 0. The van der Waals surface area contributed by atoms with Gasteiger partial charge in [0.15, 0.2) is 0 Å². The van der Waals surface area contributed by atoms with E-state index < -0.39 is 0 Å². The van der Waals surface area contributed by atoms with Crippen molar-refractivity contribution in [2.45, 2.75) is 39.0 Å². The van der Waals surface area contributed by atoms with Crippen molar-refractivity contribution in [1.82, 2.24) is 4.98 Å². The van der Waals surface area contributed by atoms with E-state index in [1.165, 1.54) is 35.0 Å². The summed E-state index contributed by atoms with van der Waals surface area (Å²) >= 11 is 0. The van der Waals surface area contributed by atoms with Crippen molar-refractivity contribution in [3.05, 3.63) is 60.2 Å². The summed E-state index contributed by atoms with van der Waals surface area (Å²) in [6.07, 6.45) is 2.57.